The van der Waals surface area contributed by atoms with Crippen molar-refractivity contribution >= 4 is 5.97 Å². The fraction of sp³-hybridized carbons (Fsp3) is 0.467. The molecule has 0 bridgehead atoms. The highest BCUT2D eigenvalue weighted by molar-refractivity contribution is 5.89. The smallest absolute Gasteiger partial charge is 0.338 e. The van der Waals surface area contributed by atoms with Gasteiger partial charge in [0.05, 0.1) is 11.6 Å². The van der Waals surface area contributed by atoms with Gasteiger partial charge in [0.15, 0.2) is 0 Å². The van der Waals surface area contributed by atoms with Crippen LogP contribution in [0.25, 0.3) is 0 Å². The van der Waals surface area contributed by atoms with Crippen LogP contribution in [0.1, 0.15) is 41.6 Å². The number of nitriles is 1. The van der Waals surface area contributed by atoms with Gasteiger partial charge < -0.3 is 4.74 Å². The van der Waals surface area contributed by atoms with Crippen molar-refractivity contribution in [3.05, 3.63) is 35.4 Å². The number of aryl methyl sites for hydroxylation is 1. The molecule has 3 nitrogen and oxygen atoms in total. The van der Waals surface area contributed by atoms with E-state index in [4.69, 9.17) is 10.00 Å². The van der Waals surface area contributed by atoms with E-state index < -0.39 is 0 Å². The van der Waals surface area contributed by atoms with Crippen molar-refractivity contribution < 1.29 is 9.53 Å². The molecule has 0 N–H and O–H groups in total. The van der Waals surface area contributed by atoms with Crippen molar-refractivity contribution in [2.45, 2.75) is 38.7 Å². The minimum absolute atomic E-state index is 0.0246. The minimum atomic E-state index is -0.254. The largest absolute Gasteiger partial charge is 0.459 e. The number of carbonyl (C=O) groups excluding carboxylic acids is 1. The van der Waals surface area contributed by atoms with Crippen molar-refractivity contribution in [1.29, 1.82) is 5.26 Å². The lowest BCUT2D eigenvalue weighted by atomic mass is 9.88. The number of rotatable bonds is 2. The fourth-order valence-corrected chi connectivity index (χ4v) is 2.22. The molecule has 94 valence electrons. The van der Waals surface area contributed by atoms with Crippen molar-refractivity contribution in [2.24, 2.45) is 5.92 Å². The van der Waals surface area contributed by atoms with E-state index in [0.717, 1.165) is 31.2 Å². The molecule has 0 spiro atoms. The van der Waals surface area contributed by atoms with Gasteiger partial charge in [0.2, 0.25) is 0 Å². The third kappa shape index (κ3) is 3.10. The molecule has 1 aromatic carbocycles. The molecule has 0 amide bonds. The molecule has 1 aliphatic rings. The van der Waals surface area contributed by atoms with Crippen LogP contribution in [0.2, 0.25) is 0 Å². The van der Waals surface area contributed by atoms with Gasteiger partial charge in [-0.25, -0.2) is 4.79 Å². The lowest BCUT2D eigenvalue weighted by molar-refractivity contribution is 0.0187. The number of hydrogen-bond acceptors (Lipinski definition) is 3. The second-order valence-corrected chi connectivity index (χ2v) is 4.87. The average Bonchev–Trinajstić information content (AvgIpc) is 2.40. The summed E-state index contributed by atoms with van der Waals surface area (Å²) in [5, 5.41) is 8.81. The predicted molar refractivity (Wildman–Crippen MR) is 68.0 cm³/mol. The Balaban J connectivity index is 1.89. The molecular formula is C15H17NO2. The number of benzene rings is 1. The van der Waals surface area contributed by atoms with E-state index in [1.165, 1.54) is 0 Å². The summed E-state index contributed by atoms with van der Waals surface area (Å²) in [4.78, 5) is 11.9. The van der Waals surface area contributed by atoms with Crippen LogP contribution in [0.15, 0.2) is 24.3 Å². The van der Waals surface area contributed by atoms with Gasteiger partial charge in [-0.1, -0.05) is 17.7 Å². The maximum absolute atomic E-state index is 11.9. The first kappa shape index (κ1) is 12.6. The number of esters is 1. The lowest BCUT2D eigenvalue weighted by Crippen LogP contribution is -2.24. The quantitative estimate of drug-likeness (QED) is 0.749. The Morgan fingerprint density at radius 1 is 1.22 bits per heavy atom. The molecule has 1 saturated carbocycles. The zero-order valence-electron chi connectivity index (χ0n) is 10.6. The van der Waals surface area contributed by atoms with Gasteiger partial charge >= 0.3 is 5.97 Å². The third-order valence-electron chi connectivity index (χ3n) is 3.42. The highest BCUT2D eigenvalue weighted by Gasteiger charge is 2.23. The standard InChI is InChI=1S/C15H17NO2/c1-11-2-6-13(7-3-11)15(17)18-14-8-4-12(10-16)5-9-14/h2-3,6-7,12,14H,4-5,8-9H2,1H3. The van der Waals surface area contributed by atoms with Crippen LogP contribution in [0.3, 0.4) is 0 Å². The Bertz CT molecular complexity index is 450. The molecule has 0 saturated heterocycles. The van der Waals surface area contributed by atoms with Crippen LogP contribution in [0.5, 0.6) is 0 Å². The molecular weight excluding hydrogens is 226 g/mol. The highest BCUT2D eigenvalue weighted by atomic mass is 16.5. The molecule has 0 unspecified atom stereocenters. The normalized spacial score (nSPS) is 23.1. The van der Waals surface area contributed by atoms with E-state index in [2.05, 4.69) is 6.07 Å². The van der Waals surface area contributed by atoms with Crippen molar-refractivity contribution in [2.75, 3.05) is 0 Å². The molecule has 1 aromatic rings. The Morgan fingerprint density at radius 3 is 2.39 bits per heavy atom. The first-order valence-corrected chi connectivity index (χ1v) is 6.36. The van der Waals surface area contributed by atoms with Crippen molar-refractivity contribution in [3.63, 3.8) is 0 Å². The van der Waals surface area contributed by atoms with Crippen LogP contribution in [-0.2, 0) is 4.74 Å². The van der Waals surface area contributed by atoms with Crippen molar-refractivity contribution in [1.82, 2.24) is 0 Å². The Hall–Kier alpha value is -1.82. The molecule has 0 aromatic heterocycles. The van der Waals surface area contributed by atoms with Crippen LogP contribution in [-0.4, -0.2) is 12.1 Å². The summed E-state index contributed by atoms with van der Waals surface area (Å²) >= 11 is 0. The van der Waals surface area contributed by atoms with Crippen LogP contribution in [0.4, 0.5) is 0 Å². The molecule has 3 heteroatoms. The summed E-state index contributed by atoms with van der Waals surface area (Å²) in [6, 6.07) is 9.67. The average molecular weight is 243 g/mol. The van der Waals surface area contributed by atoms with Gasteiger partial charge in [0, 0.05) is 5.92 Å². The van der Waals surface area contributed by atoms with E-state index in [9.17, 15) is 4.79 Å². The van der Waals surface area contributed by atoms with Gasteiger partial charge in [-0.2, -0.15) is 5.26 Å². The third-order valence-corrected chi connectivity index (χ3v) is 3.42. The van der Waals surface area contributed by atoms with Gasteiger partial charge in [0.1, 0.15) is 6.10 Å². The van der Waals surface area contributed by atoms with E-state index >= 15 is 0 Å². The zero-order chi connectivity index (χ0) is 13.0. The van der Waals surface area contributed by atoms with Crippen LogP contribution in [0, 0.1) is 24.2 Å². The van der Waals surface area contributed by atoms with E-state index in [-0.39, 0.29) is 18.0 Å². The monoisotopic (exact) mass is 243 g/mol. The number of hydrogen-bond donors (Lipinski definition) is 0. The lowest BCUT2D eigenvalue weighted by Gasteiger charge is -2.24. The molecule has 18 heavy (non-hydrogen) atoms. The molecule has 0 radical (unpaired) electrons. The highest BCUT2D eigenvalue weighted by Crippen LogP contribution is 2.26. The van der Waals surface area contributed by atoms with Gasteiger partial charge in [0.25, 0.3) is 0 Å². The number of carbonyl (C=O) groups is 1. The summed E-state index contributed by atoms with van der Waals surface area (Å²) < 4.78 is 5.46. The van der Waals surface area contributed by atoms with E-state index in [1.54, 1.807) is 12.1 Å². The summed E-state index contributed by atoms with van der Waals surface area (Å²) in [6.45, 7) is 1.98. The van der Waals surface area contributed by atoms with Crippen molar-refractivity contribution in [3.8, 4) is 6.07 Å². The fourth-order valence-electron chi connectivity index (χ4n) is 2.22. The summed E-state index contributed by atoms with van der Waals surface area (Å²) in [5.74, 6) is -0.116. The number of nitrogens with zero attached hydrogens (tertiary/aromatic N) is 1. The van der Waals surface area contributed by atoms with Gasteiger partial charge in [-0.3, -0.25) is 0 Å². The van der Waals surface area contributed by atoms with Gasteiger partial charge in [-0.15, -0.1) is 0 Å². The topological polar surface area (TPSA) is 50.1 Å². The second kappa shape index (κ2) is 5.68. The molecule has 0 atom stereocenters. The first-order chi connectivity index (χ1) is 8.69. The van der Waals surface area contributed by atoms with Crippen LogP contribution < -0.4 is 0 Å². The summed E-state index contributed by atoms with van der Waals surface area (Å²) in [5.41, 5.74) is 1.73. The predicted octanol–water partition coefficient (Wildman–Crippen LogP) is 3.23. The maximum Gasteiger partial charge on any atom is 0.338 e. The summed E-state index contributed by atoms with van der Waals surface area (Å²) in [7, 11) is 0. The Labute approximate surface area is 107 Å². The summed E-state index contributed by atoms with van der Waals surface area (Å²) in [6.07, 6.45) is 3.25. The molecule has 2 rings (SSSR count). The molecule has 1 fully saturated rings. The maximum atomic E-state index is 11.9. The minimum Gasteiger partial charge on any atom is -0.459 e. The molecule has 1 aliphatic carbocycles. The zero-order valence-corrected chi connectivity index (χ0v) is 10.6. The first-order valence-electron chi connectivity index (χ1n) is 6.36. The molecule has 0 aliphatic heterocycles. The molecule has 0 heterocycles. The van der Waals surface area contributed by atoms with Crippen LogP contribution >= 0.6 is 0 Å². The Morgan fingerprint density at radius 2 is 1.83 bits per heavy atom. The second-order valence-electron chi connectivity index (χ2n) is 4.87. The van der Waals surface area contributed by atoms with E-state index in [0.29, 0.717) is 5.56 Å². The van der Waals surface area contributed by atoms with E-state index in [1.807, 2.05) is 19.1 Å². The SMILES string of the molecule is Cc1ccc(C(=O)OC2CCC(C#N)CC2)cc1. The number of ether oxygens (including phenoxy) is 1. The Kier molecular flexibility index (Phi) is 3.99. The van der Waals surface area contributed by atoms with Gasteiger partial charge in [-0.05, 0) is 44.7 Å².